The molecule has 1 N–H and O–H groups in total. The van der Waals surface area contributed by atoms with E-state index in [0.29, 0.717) is 11.4 Å². The minimum absolute atomic E-state index is 0.151. The van der Waals surface area contributed by atoms with Crippen molar-refractivity contribution in [2.45, 2.75) is 25.8 Å². The molecule has 2 aromatic carbocycles. The maximum atomic E-state index is 14.8. The quantitative estimate of drug-likeness (QED) is 0.478. The van der Waals surface area contributed by atoms with Crippen molar-refractivity contribution in [3.8, 4) is 5.69 Å². The third-order valence-electron chi connectivity index (χ3n) is 6.14. The molecule has 33 heavy (non-hydrogen) atoms. The summed E-state index contributed by atoms with van der Waals surface area (Å²) in [5.74, 6) is -1.21. The molecule has 5 rings (SSSR count). The lowest BCUT2D eigenvalue weighted by molar-refractivity contribution is 0.0932. The van der Waals surface area contributed by atoms with Crippen LogP contribution in [0.3, 0.4) is 0 Å². The highest BCUT2D eigenvalue weighted by Gasteiger charge is 2.34. The number of hydrogen-bond donors (Lipinski definition) is 1. The van der Waals surface area contributed by atoms with E-state index in [-0.39, 0.29) is 34.1 Å². The van der Waals surface area contributed by atoms with E-state index in [2.05, 4.69) is 10.3 Å². The largest absolute Gasteiger partial charge is 0.345 e. The summed E-state index contributed by atoms with van der Waals surface area (Å²) in [6.45, 7) is 1.66. The number of fused-ring (bicyclic) bond motifs is 1. The summed E-state index contributed by atoms with van der Waals surface area (Å²) in [5, 5.41) is 3.17. The zero-order valence-corrected chi connectivity index (χ0v) is 17.9. The van der Waals surface area contributed by atoms with Gasteiger partial charge in [-0.05, 0) is 61.6 Å². The van der Waals surface area contributed by atoms with Crippen LogP contribution < -0.4 is 10.9 Å². The van der Waals surface area contributed by atoms with Crippen molar-refractivity contribution in [3.63, 3.8) is 0 Å². The van der Waals surface area contributed by atoms with Gasteiger partial charge in [-0.25, -0.2) is 8.78 Å². The summed E-state index contributed by atoms with van der Waals surface area (Å²) < 4.78 is 29.6. The van der Waals surface area contributed by atoms with Gasteiger partial charge in [0.15, 0.2) is 0 Å². The lowest BCUT2D eigenvalue weighted by atomic mass is 9.99. The summed E-state index contributed by atoms with van der Waals surface area (Å²) in [7, 11) is 0. The number of hydrogen-bond acceptors (Lipinski definition) is 3. The smallest absolute Gasteiger partial charge is 0.266 e. The molecule has 0 aliphatic heterocycles. The SMILES string of the molecule is Cc1c(C(=O)N[C@H](c2ccc(F)cc2)C2CC2)c2cccc(F)c2c(=O)n1-c1cccnc1. The molecule has 0 spiro atoms. The van der Waals surface area contributed by atoms with E-state index in [0.717, 1.165) is 18.4 Å². The normalized spacial score (nSPS) is 14.3. The van der Waals surface area contributed by atoms with Crippen molar-refractivity contribution >= 4 is 16.7 Å². The number of carbonyl (C=O) groups excluding carboxylic acids is 1. The van der Waals surface area contributed by atoms with Gasteiger partial charge >= 0.3 is 0 Å². The number of amides is 1. The lowest BCUT2D eigenvalue weighted by Crippen LogP contribution is -2.33. The topological polar surface area (TPSA) is 64.0 Å². The Morgan fingerprint density at radius 2 is 1.85 bits per heavy atom. The van der Waals surface area contributed by atoms with Crippen LogP contribution in [-0.2, 0) is 0 Å². The van der Waals surface area contributed by atoms with E-state index < -0.39 is 17.3 Å². The van der Waals surface area contributed by atoms with Crippen LogP contribution in [0.25, 0.3) is 16.5 Å². The van der Waals surface area contributed by atoms with Gasteiger partial charge in [0.1, 0.15) is 11.6 Å². The summed E-state index contributed by atoms with van der Waals surface area (Å²) in [6.07, 6.45) is 4.97. The predicted molar refractivity (Wildman–Crippen MR) is 121 cm³/mol. The molecule has 1 fully saturated rings. The minimum atomic E-state index is -0.693. The predicted octanol–water partition coefficient (Wildman–Crippen LogP) is 4.85. The second-order valence-corrected chi connectivity index (χ2v) is 8.31. The Morgan fingerprint density at radius 1 is 1.09 bits per heavy atom. The fourth-order valence-electron chi connectivity index (χ4n) is 4.39. The summed E-state index contributed by atoms with van der Waals surface area (Å²) in [4.78, 5) is 31.0. The maximum Gasteiger partial charge on any atom is 0.266 e. The fourth-order valence-corrected chi connectivity index (χ4v) is 4.39. The van der Waals surface area contributed by atoms with E-state index in [9.17, 15) is 18.4 Å². The van der Waals surface area contributed by atoms with Gasteiger partial charge in [-0.1, -0.05) is 24.3 Å². The number of rotatable bonds is 5. The van der Waals surface area contributed by atoms with Crippen molar-refractivity contribution < 1.29 is 13.6 Å². The second kappa shape index (κ2) is 8.24. The standard InChI is InChI=1S/C26H21F2N3O2/c1-15-22(25(32)30-24(16-7-8-16)17-9-11-18(27)12-10-17)20-5-2-6-21(28)23(20)26(33)31(15)19-4-3-13-29-14-19/h2-6,9-14,16,24H,7-8H2,1H3,(H,30,32)/t24-/m0/s1. The van der Waals surface area contributed by atoms with E-state index in [1.54, 1.807) is 43.5 Å². The molecule has 2 aromatic heterocycles. The highest BCUT2D eigenvalue weighted by molar-refractivity contribution is 6.08. The van der Waals surface area contributed by atoms with Crippen molar-refractivity contribution in [2.75, 3.05) is 0 Å². The van der Waals surface area contributed by atoms with Gasteiger partial charge in [-0.3, -0.25) is 19.1 Å². The van der Waals surface area contributed by atoms with Crippen LogP contribution in [0.1, 0.15) is 40.5 Å². The number of halogens is 2. The minimum Gasteiger partial charge on any atom is -0.345 e. The fraction of sp³-hybridized carbons (Fsp3) is 0.192. The van der Waals surface area contributed by atoms with Crippen LogP contribution in [0.2, 0.25) is 0 Å². The Bertz CT molecular complexity index is 1410. The molecule has 2 heterocycles. The molecular formula is C26H21F2N3O2. The molecule has 0 saturated heterocycles. The van der Waals surface area contributed by atoms with Crippen LogP contribution in [-0.4, -0.2) is 15.5 Å². The number of nitrogens with one attached hydrogen (secondary N) is 1. The molecule has 5 nitrogen and oxygen atoms in total. The van der Waals surface area contributed by atoms with Gasteiger partial charge in [0.05, 0.1) is 28.9 Å². The third-order valence-corrected chi connectivity index (χ3v) is 6.14. The molecule has 0 bridgehead atoms. The van der Waals surface area contributed by atoms with Crippen LogP contribution >= 0.6 is 0 Å². The Morgan fingerprint density at radius 3 is 2.52 bits per heavy atom. The molecule has 7 heteroatoms. The third kappa shape index (κ3) is 3.80. The molecule has 0 unspecified atom stereocenters. The molecule has 166 valence electrons. The van der Waals surface area contributed by atoms with Gasteiger partial charge in [0.2, 0.25) is 0 Å². The maximum absolute atomic E-state index is 14.8. The number of pyridine rings is 2. The first-order chi connectivity index (χ1) is 16.0. The van der Waals surface area contributed by atoms with E-state index >= 15 is 0 Å². The number of benzene rings is 2. The Labute approximate surface area is 188 Å². The molecular weight excluding hydrogens is 424 g/mol. The molecule has 0 radical (unpaired) electrons. The van der Waals surface area contributed by atoms with Crippen molar-refractivity contribution in [2.24, 2.45) is 5.92 Å². The Balaban J connectivity index is 1.67. The molecule has 1 amide bonds. The Kier molecular flexibility index (Phi) is 5.24. The summed E-state index contributed by atoms with van der Waals surface area (Å²) in [6, 6.07) is 13.4. The Hall–Kier alpha value is -3.87. The van der Waals surface area contributed by atoms with Crippen molar-refractivity contribution in [3.05, 3.63) is 106 Å². The van der Waals surface area contributed by atoms with Crippen molar-refractivity contribution in [1.29, 1.82) is 0 Å². The summed E-state index contributed by atoms with van der Waals surface area (Å²) in [5.41, 5.74) is 1.30. The van der Waals surface area contributed by atoms with Gasteiger partial charge in [-0.2, -0.15) is 0 Å². The van der Waals surface area contributed by atoms with E-state index in [1.165, 1.54) is 35.0 Å². The van der Waals surface area contributed by atoms with E-state index in [1.807, 2.05) is 0 Å². The van der Waals surface area contributed by atoms with Crippen molar-refractivity contribution in [1.82, 2.24) is 14.9 Å². The molecule has 1 saturated carbocycles. The van der Waals surface area contributed by atoms with E-state index in [4.69, 9.17) is 0 Å². The average molecular weight is 445 g/mol. The second-order valence-electron chi connectivity index (χ2n) is 8.31. The zero-order chi connectivity index (χ0) is 23.1. The molecule has 4 aromatic rings. The summed E-state index contributed by atoms with van der Waals surface area (Å²) >= 11 is 0. The number of aromatic nitrogens is 2. The van der Waals surface area contributed by atoms with Crippen LogP contribution in [0.4, 0.5) is 8.78 Å². The number of carbonyl (C=O) groups is 1. The lowest BCUT2D eigenvalue weighted by Gasteiger charge is -2.22. The highest BCUT2D eigenvalue weighted by Crippen LogP contribution is 2.41. The zero-order valence-electron chi connectivity index (χ0n) is 17.9. The molecule has 1 aliphatic rings. The average Bonchev–Trinajstić information content (AvgIpc) is 3.64. The first-order valence-corrected chi connectivity index (χ1v) is 10.8. The van der Waals surface area contributed by atoms with Crippen LogP contribution in [0, 0.1) is 24.5 Å². The first-order valence-electron chi connectivity index (χ1n) is 10.8. The van der Waals surface area contributed by atoms with Crippen LogP contribution in [0.5, 0.6) is 0 Å². The van der Waals surface area contributed by atoms with Gasteiger partial charge < -0.3 is 5.32 Å². The molecule has 1 aliphatic carbocycles. The van der Waals surface area contributed by atoms with Gasteiger partial charge in [-0.15, -0.1) is 0 Å². The first kappa shape index (κ1) is 21.0. The van der Waals surface area contributed by atoms with Gasteiger partial charge in [0, 0.05) is 17.3 Å². The van der Waals surface area contributed by atoms with Gasteiger partial charge in [0.25, 0.3) is 11.5 Å². The monoisotopic (exact) mass is 445 g/mol. The number of nitrogens with zero attached hydrogens (tertiary/aromatic N) is 2. The van der Waals surface area contributed by atoms with Crippen LogP contribution in [0.15, 0.2) is 71.8 Å². The highest BCUT2D eigenvalue weighted by atomic mass is 19.1. The molecule has 1 atom stereocenters.